The van der Waals surface area contributed by atoms with Crippen LogP contribution < -0.4 is 5.32 Å². The molecule has 0 spiro atoms. The Labute approximate surface area is 76.5 Å². The summed E-state index contributed by atoms with van der Waals surface area (Å²) in [5.74, 6) is 0.633. The van der Waals surface area contributed by atoms with Gasteiger partial charge in [-0.25, -0.2) is 10.3 Å². The predicted octanol–water partition coefficient (Wildman–Crippen LogP) is 2.04. The van der Waals surface area contributed by atoms with Crippen LogP contribution in [0.4, 0.5) is 11.5 Å². The Balaban J connectivity index is 2.16. The Bertz CT molecular complexity index is 321. The van der Waals surface area contributed by atoms with E-state index >= 15 is 0 Å². The van der Waals surface area contributed by atoms with E-state index in [-0.39, 0.29) is 0 Å². The summed E-state index contributed by atoms with van der Waals surface area (Å²) in [6.45, 7) is 0. The molecule has 0 fully saturated rings. The average Bonchev–Trinajstić information content (AvgIpc) is 2.21. The quantitative estimate of drug-likeness (QED) is 0.691. The van der Waals surface area contributed by atoms with Crippen molar-refractivity contribution >= 4 is 11.5 Å². The van der Waals surface area contributed by atoms with Crippen molar-refractivity contribution in [3.05, 3.63) is 48.9 Å². The highest BCUT2D eigenvalue weighted by molar-refractivity contribution is 5.42. The van der Waals surface area contributed by atoms with E-state index in [9.17, 15) is 0 Å². The molecular formula is C10H8N3. The molecule has 1 aromatic heterocycles. The Morgan fingerprint density at radius 1 is 1.00 bits per heavy atom. The first kappa shape index (κ1) is 7.73. The first-order valence-corrected chi connectivity index (χ1v) is 3.98. The van der Waals surface area contributed by atoms with Crippen molar-refractivity contribution in [2.45, 2.75) is 0 Å². The molecule has 0 N–H and O–H groups in total. The molecule has 0 bridgehead atoms. The van der Waals surface area contributed by atoms with Crippen molar-refractivity contribution in [3.63, 3.8) is 0 Å². The lowest BCUT2D eigenvalue weighted by Gasteiger charge is -1.99. The number of hydrogen-bond acceptors (Lipinski definition) is 2. The maximum atomic E-state index is 4.27. The second-order valence-electron chi connectivity index (χ2n) is 2.51. The number of para-hydroxylation sites is 1. The molecule has 2 rings (SSSR count). The van der Waals surface area contributed by atoms with Gasteiger partial charge in [0.25, 0.3) is 0 Å². The van der Waals surface area contributed by atoms with E-state index in [0.29, 0.717) is 5.82 Å². The van der Waals surface area contributed by atoms with Gasteiger partial charge in [0.2, 0.25) is 0 Å². The third-order valence-electron chi connectivity index (χ3n) is 1.55. The van der Waals surface area contributed by atoms with Crippen LogP contribution in [0.3, 0.4) is 0 Å². The van der Waals surface area contributed by atoms with Gasteiger partial charge >= 0.3 is 0 Å². The van der Waals surface area contributed by atoms with E-state index in [2.05, 4.69) is 15.3 Å². The molecule has 0 aliphatic rings. The molecule has 13 heavy (non-hydrogen) atoms. The van der Waals surface area contributed by atoms with Crippen LogP contribution in [-0.2, 0) is 0 Å². The Hall–Kier alpha value is -1.90. The van der Waals surface area contributed by atoms with E-state index < -0.39 is 0 Å². The van der Waals surface area contributed by atoms with Crippen molar-refractivity contribution in [2.75, 3.05) is 0 Å². The number of nitrogens with zero attached hydrogens (tertiary/aromatic N) is 3. The zero-order valence-electron chi connectivity index (χ0n) is 6.96. The topological polar surface area (TPSA) is 39.9 Å². The lowest BCUT2D eigenvalue weighted by molar-refractivity contribution is 1.06. The summed E-state index contributed by atoms with van der Waals surface area (Å²) < 4.78 is 0. The highest BCUT2D eigenvalue weighted by atomic mass is 15.0. The number of aromatic nitrogens is 2. The van der Waals surface area contributed by atoms with E-state index in [1.165, 1.54) is 0 Å². The zero-order valence-corrected chi connectivity index (χ0v) is 6.96. The molecule has 63 valence electrons. The van der Waals surface area contributed by atoms with Crippen LogP contribution in [0.5, 0.6) is 0 Å². The minimum atomic E-state index is 0.633. The Morgan fingerprint density at radius 2 is 1.85 bits per heavy atom. The summed E-state index contributed by atoms with van der Waals surface area (Å²) in [5.41, 5.74) is 0.892. The largest absolute Gasteiger partial charge is 0.259 e. The molecule has 0 saturated heterocycles. The van der Waals surface area contributed by atoms with Gasteiger partial charge in [0.15, 0.2) is 5.82 Å². The third-order valence-corrected chi connectivity index (χ3v) is 1.55. The van der Waals surface area contributed by atoms with Crippen molar-refractivity contribution < 1.29 is 0 Å². The highest BCUT2D eigenvalue weighted by Gasteiger charge is 1.95. The first-order valence-electron chi connectivity index (χ1n) is 3.98. The molecule has 3 heteroatoms. The van der Waals surface area contributed by atoms with Gasteiger partial charge in [0, 0.05) is 12.4 Å². The van der Waals surface area contributed by atoms with Gasteiger partial charge in [-0.05, 0) is 12.1 Å². The summed E-state index contributed by atoms with van der Waals surface area (Å²) in [5, 5.41) is 4.27. The summed E-state index contributed by atoms with van der Waals surface area (Å²) in [4.78, 5) is 7.97. The van der Waals surface area contributed by atoms with E-state index in [1.807, 2.05) is 30.3 Å². The van der Waals surface area contributed by atoms with Crippen LogP contribution in [0.25, 0.3) is 0 Å². The third kappa shape index (κ3) is 2.02. The van der Waals surface area contributed by atoms with E-state index in [4.69, 9.17) is 0 Å². The van der Waals surface area contributed by atoms with Gasteiger partial charge in [0.1, 0.15) is 0 Å². The molecule has 1 radical (unpaired) electrons. The normalized spacial score (nSPS) is 9.54. The molecule has 0 saturated carbocycles. The number of hydrogen-bond donors (Lipinski definition) is 0. The molecule has 3 nitrogen and oxygen atoms in total. The molecule has 0 unspecified atom stereocenters. The van der Waals surface area contributed by atoms with Crippen LogP contribution in [-0.4, -0.2) is 9.97 Å². The van der Waals surface area contributed by atoms with Gasteiger partial charge in [-0.3, -0.25) is 4.98 Å². The van der Waals surface area contributed by atoms with Crippen LogP contribution in [0.2, 0.25) is 0 Å². The SMILES string of the molecule is c1ccc([N]c2cnccn2)cc1. The molecule has 1 aromatic carbocycles. The van der Waals surface area contributed by atoms with Gasteiger partial charge in [0.05, 0.1) is 11.9 Å². The van der Waals surface area contributed by atoms with Crippen molar-refractivity contribution in [2.24, 2.45) is 0 Å². The first-order chi connectivity index (χ1) is 6.45. The smallest absolute Gasteiger partial charge is 0.171 e. The van der Waals surface area contributed by atoms with E-state index in [1.54, 1.807) is 18.6 Å². The molecule has 0 aliphatic carbocycles. The molecular weight excluding hydrogens is 162 g/mol. The fourth-order valence-electron chi connectivity index (χ4n) is 0.984. The van der Waals surface area contributed by atoms with Gasteiger partial charge in [-0.15, -0.1) is 0 Å². The Morgan fingerprint density at radius 3 is 2.54 bits per heavy atom. The lowest BCUT2D eigenvalue weighted by atomic mass is 10.3. The van der Waals surface area contributed by atoms with Crippen LogP contribution >= 0.6 is 0 Å². The number of rotatable bonds is 2. The molecule has 0 atom stereocenters. The van der Waals surface area contributed by atoms with Crippen molar-refractivity contribution in [3.8, 4) is 0 Å². The lowest BCUT2D eigenvalue weighted by Crippen LogP contribution is -1.91. The summed E-state index contributed by atoms with van der Waals surface area (Å²) in [6.07, 6.45) is 4.89. The zero-order chi connectivity index (χ0) is 8.93. The van der Waals surface area contributed by atoms with Crippen LogP contribution in [0.1, 0.15) is 0 Å². The minimum absolute atomic E-state index is 0.633. The average molecular weight is 170 g/mol. The minimum Gasteiger partial charge on any atom is -0.259 e. The monoisotopic (exact) mass is 170 g/mol. The molecule has 0 aliphatic heterocycles. The summed E-state index contributed by atoms with van der Waals surface area (Å²) >= 11 is 0. The molecule has 0 amide bonds. The molecule has 1 heterocycles. The predicted molar refractivity (Wildman–Crippen MR) is 49.9 cm³/mol. The maximum Gasteiger partial charge on any atom is 0.171 e. The van der Waals surface area contributed by atoms with Gasteiger partial charge < -0.3 is 0 Å². The second-order valence-corrected chi connectivity index (χ2v) is 2.51. The highest BCUT2D eigenvalue weighted by Crippen LogP contribution is 2.11. The van der Waals surface area contributed by atoms with Gasteiger partial charge in [-0.1, -0.05) is 18.2 Å². The fraction of sp³-hybridized carbons (Fsp3) is 0. The van der Waals surface area contributed by atoms with Crippen LogP contribution in [0, 0.1) is 0 Å². The van der Waals surface area contributed by atoms with E-state index in [0.717, 1.165) is 5.69 Å². The van der Waals surface area contributed by atoms with Crippen LogP contribution in [0.15, 0.2) is 48.9 Å². The number of benzene rings is 1. The van der Waals surface area contributed by atoms with Gasteiger partial charge in [-0.2, -0.15) is 0 Å². The maximum absolute atomic E-state index is 4.27. The molecule has 2 aromatic rings. The standard InChI is InChI=1S/C10H8N3/c1-2-4-9(5-3-1)13-10-8-11-6-7-12-10/h1-8H. The summed E-state index contributed by atoms with van der Waals surface area (Å²) in [7, 11) is 0. The van der Waals surface area contributed by atoms with Crippen molar-refractivity contribution in [1.82, 2.24) is 15.3 Å². The second kappa shape index (κ2) is 3.67. The van der Waals surface area contributed by atoms with Crippen molar-refractivity contribution in [1.29, 1.82) is 0 Å². The Kier molecular flexibility index (Phi) is 2.18. The summed E-state index contributed by atoms with van der Waals surface area (Å²) in [6, 6.07) is 9.68. The fourth-order valence-corrected chi connectivity index (χ4v) is 0.984.